The molecule has 1 atom stereocenters. The molecule has 2 aromatic rings. The lowest BCUT2D eigenvalue weighted by Gasteiger charge is -2.11. The number of rotatable bonds is 6. The lowest BCUT2D eigenvalue weighted by Crippen LogP contribution is -1.99. The van der Waals surface area contributed by atoms with Gasteiger partial charge < -0.3 is 0 Å². The van der Waals surface area contributed by atoms with Gasteiger partial charge in [0.15, 0.2) is 0 Å². The van der Waals surface area contributed by atoms with Crippen LogP contribution in [-0.4, -0.2) is 0 Å². The van der Waals surface area contributed by atoms with Gasteiger partial charge in [0.25, 0.3) is 0 Å². The van der Waals surface area contributed by atoms with Gasteiger partial charge in [0.05, 0.1) is 0 Å². The van der Waals surface area contributed by atoms with Crippen LogP contribution in [0.5, 0.6) is 0 Å². The monoisotopic (exact) mass is 240 g/mol. The molecule has 2 aromatic carbocycles. The quantitative estimate of drug-likeness (QED) is 0.577. The molecule has 0 aliphatic heterocycles. The highest BCUT2D eigenvalue weighted by Gasteiger charge is 2.04. The van der Waals surface area contributed by atoms with Crippen molar-refractivity contribution in [2.45, 2.75) is 46.0 Å². The zero-order valence-electron chi connectivity index (χ0n) is 11.7. The van der Waals surface area contributed by atoms with Gasteiger partial charge in [0.2, 0.25) is 0 Å². The van der Waals surface area contributed by atoms with Crippen molar-refractivity contribution in [1.29, 1.82) is 0 Å². The van der Waals surface area contributed by atoms with E-state index >= 15 is 0 Å². The maximum atomic E-state index is 2.38. The molecule has 1 unspecified atom stereocenters. The number of unbranched alkanes of at least 4 members (excludes halogenated alkanes) is 2. The molecule has 0 N–H and O–H groups in total. The van der Waals surface area contributed by atoms with E-state index in [0.29, 0.717) is 0 Å². The normalized spacial score (nSPS) is 12.8. The molecule has 96 valence electrons. The SMILES string of the molecule is CCCCCC(C)Cc1ccc2ccccc2c1. The van der Waals surface area contributed by atoms with Crippen LogP contribution >= 0.6 is 0 Å². The van der Waals surface area contributed by atoms with E-state index in [-0.39, 0.29) is 0 Å². The second-order valence-corrected chi connectivity index (χ2v) is 5.49. The lowest BCUT2D eigenvalue weighted by atomic mass is 9.94. The molecule has 0 saturated heterocycles. The molecule has 0 fully saturated rings. The number of benzene rings is 2. The summed E-state index contributed by atoms with van der Waals surface area (Å²) in [5, 5.41) is 2.72. The molecule has 0 saturated carbocycles. The van der Waals surface area contributed by atoms with E-state index in [2.05, 4.69) is 56.3 Å². The molecule has 0 amide bonds. The van der Waals surface area contributed by atoms with Crippen LogP contribution in [-0.2, 0) is 6.42 Å². The van der Waals surface area contributed by atoms with Crippen LogP contribution in [0.25, 0.3) is 10.8 Å². The van der Waals surface area contributed by atoms with Crippen LogP contribution in [0.15, 0.2) is 42.5 Å². The summed E-state index contributed by atoms with van der Waals surface area (Å²) in [6.07, 6.45) is 6.66. The van der Waals surface area contributed by atoms with Gasteiger partial charge in [-0.05, 0) is 28.7 Å². The summed E-state index contributed by atoms with van der Waals surface area (Å²) < 4.78 is 0. The molecule has 0 bridgehead atoms. The average molecular weight is 240 g/mol. The lowest BCUT2D eigenvalue weighted by molar-refractivity contribution is 0.493. The number of hydrogen-bond donors (Lipinski definition) is 0. The summed E-state index contributed by atoms with van der Waals surface area (Å²) in [5.74, 6) is 0.803. The highest BCUT2D eigenvalue weighted by Crippen LogP contribution is 2.20. The Labute approximate surface area is 111 Å². The van der Waals surface area contributed by atoms with Crippen molar-refractivity contribution in [2.75, 3.05) is 0 Å². The van der Waals surface area contributed by atoms with Gasteiger partial charge in [-0.15, -0.1) is 0 Å². The van der Waals surface area contributed by atoms with Gasteiger partial charge in [0.1, 0.15) is 0 Å². The number of hydrogen-bond acceptors (Lipinski definition) is 0. The Bertz CT molecular complexity index is 484. The smallest absolute Gasteiger partial charge is 0.0181 e. The molecule has 0 heterocycles. The molecule has 0 spiro atoms. The summed E-state index contributed by atoms with van der Waals surface area (Å²) in [5.41, 5.74) is 1.48. The van der Waals surface area contributed by atoms with Gasteiger partial charge in [-0.1, -0.05) is 82.0 Å². The first-order chi connectivity index (χ1) is 8.79. The van der Waals surface area contributed by atoms with Gasteiger partial charge >= 0.3 is 0 Å². The first kappa shape index (κ1) is 13.1. The van der Waals surface area contributed by atoms with Crippen LogP contribution in [0.1, 0.15) is 45.1 Å². The Kier molecular flexibility index (Phi) is 4.81. The topological polar surface area (TPSA) is 0 Å². The predicted octanol–water partition coefficient (Wildman–Crippen LogP) is 5.60. The van der Waals surface area contributed by atoms with E-state index in [0.717, 1.165) is 5.92 Å². The van der Waals surface area contributed by atoms with Gasteiger partial charge in [-0.3, -0.25) is 0 Å². The van der Waals surface area contributed by atoms with Crippen LogP contribution < -0.4 is 0 Å². The highest BCUT2D eigenvalue weighted by molar-refractivity contribution is 5.82. The molecule has 0 radical (unpaired) electrons. The zero-order valence-corrected chi connectivity index (χ0v) is 11.7. The summed E-state index contributed by atoms with van der Waals surface area (Å²) in [6, 6.07) is 15.5. The Morgan fingerprint density at radius 2 is 1.72 bits per heavy atom. The first-order valence-corrected chi connectivity index (χ1v) is 7.27. The van der Waals surface area contributed by atoms with Crippen molar-refractivity contribution in [3.8, 4) is 0 Å². The van der Waals surface area contributed by atoms with Crippen LogP contribution in [0.2, 0.25) is 0 Å². The van der Waals surface area contributed by atoms with Crippen molar-refractivity contribution >= 4 is 10.8 Å². The minimum atomic E-state index is 0.803. The van der Waals surface area contributed by atoms with Crippen molar-refractivity contribution in [2.24, 2.45) is 5.92 Å². The summed E-state index contributed by atoms with van der Waals surface area (Å²) in [4.78, 5) is 0. The summed E-state index contributed by atoms with van der Waals surface area (Å²) >= 11 is 0. The van der Waals surface area contributed by atoms with E-state index in [1.165, 1.54) is 48.4 Å². The number of fused-ring (bicyclic) bond motifs is 1. The zero-order chi connectivity index (χ0) is 12.8. The maximum absolute atomic E-state index is 2.38. The van der Waals surface area contributed by atoms with E-state index < -0.39 is 0 Å². The fraction of sp³-hybridized carbons (Fsp3) is 0.444. The van der Waals surface area contributed by atoms with Crippen molar-refractivity contribution in [3.05, 3.63) is 48.0 Å². The fourth-order valence-corrected chi connectivity index (χ4v) is 2.61. The molecular formula is C18H24. The van der Waals surface area contributed by atoms with E-state index in [1.54, 1.807) is 0 Å². The molecule has 0 aliphatic rings. The standard InChI is InChI=1S/C18H24/c1-3-4-5-8-15(2)13-16-11-12-17-9-6-7-10-18(17)14-16/h6-7,9-12,14-15H,3-5,8,13H2,1-2H3. The second kappa shape index (κ2) is 6.58. The second-order valence-electron chi connectivity index (χ2n) is 5.49. The van der Waals surface area contributed by atoms with Gasteiger partial charge in [0, 0.05) is 0 Å². The molecule has 0 aromatic heterocycles. The maximum Gasteiger partial charge on any atom is -0.0181 e. The van der Waals surface area contributed by atoms with Crippen LogP contribution in [0.3, 0.4) is 0 Å². The average Bonchev–Trinajstić information content (AvgIpc) is 2.39. The third kappa shape index (κ3) is 3.60. The minimum absolute atomic E-state index is 0.803. The summed E-state index contributed by atoms with van der Waals surface area (Å²) in [7, 11) is 0. The fourth-order valence-electron chi connectivity index (χ4n) is 2.61. The predicted molar refractivity (Wildman–Crippen MR) is 81.0 cm³/mol. The Morgan fingerprint density at radius 1 is 0.944 bits per heavy atom. The van der Waals surface area contributed by atoms with Crippen molar-refractivity contribution in [3.63, 3.8) is 0 Å². The third-order valence-corrected chi connectivity index (χ3v) is 3.70. The van der Waals surface area contributed by atoms with Gasteiger partial charge in [-0.25, -0.2) is 0 Å². The largest absolute Gasteiger partial charge is 0.0654 e. The van der Waals surface area contributed by atoms with Crippen molar-refractivity contribution in [1.82, 2.24) is 0 Å². The Morgan fingerprint density at radius 3 is 2.50 bits per heavy atom. The molecule has 2 rings (SSSR count). The van der Waals surface area contributed by atoms with E-state index in [9.17, 15) is 0 Å². The first-order valence-electron chi connectivity index (χ1n) is 7.27. The Hall–Kier alpha value is -1.30. The molecule has 18 heavy (non-hydrogen) atoms. The molecule has 0 aliphatic carbocycles. The highest BCUT2D eigenvalue weighted by atomic mass is 14.1. The van der Waals surface area contributed by atoms with Crippen LogP contribution in [0, 0.1) is 5.92 Å². The molecule has 0 heteroatoms. The van der Waals surface area contributed by atoms with Crippen LogP contribution in [0.4, 0.5) is 0 Å². The van der Waals surface area contributed by atoms with E-state index in [4.69, 9.17) is 0 Å². The molecule has 0 nitrogen and oxygen atoms in total. The van der Waals surface area contributed by atoms with E-state index in [1.807, 2.05) is 0 Å². The van der Waals surface area contributed by atoms with Crippen molar-refractivity contribution < 1.29 is 0 Å². The molecular weight excluding hydrogens is 216 g/mol. The third-order valence-electron chi connectivity index (χ3n) is 3.70. The Balaban J connectivity index is 1.98. The summed E-state index contributed by atoms with van der Waals surface area (Å²) in [6.45, 7) is 4.65. The minimum Gasteiger partial charge on any atom is -0.0654 e. The van der Waals surface area contributed by atoms with Gasteiger partial charge in [-0.2, -0.15) is 0 Å².